The molecule has 0 bridgehead atoms. The van der Waals surface area contributed by atoms with Crippen LogP contribution in [-0.4, -0.2) is 49.1 Å². The van der Waals surface area contributed by atoms with Gasteiger partial charge in [0.2, 0.25) is 10.0 Å². The topological polar surface area (TPSA) is 123 Å². The smallest absolute Gasteiger partial charge is 0.338 e. The predicted octanol–water partition coefficient (Wildman–Crippen LogP) is 2.65. The van der Waals surface area contributed by atoms with Crippen LogP contribution in [0.1, 0.15) is 29.8 Å². The van der Waals surface area contributed by atoms with E-state index in [-0.39, 0.29) is 53.7 Å². The second-order valence-electron chi connectivity index (χ2n) is 7.95. The molecule has 3 aromatic rings. The van der Waals surface area contributed by atoms with Crippen molar-refractivity contribution in [3.8, 4) is 5.75 Å². The number of benzene rings is 2. The minimum absolute atomic E-state index is 0.0143. The number of fused-ring (bicyclic) bond motifs is 1. The Morgan fingerprint density at radius 3 is 2.58 bits per heavy atom. The number of morpholine rings is 1. The van der Waals surface area contributed by atoms with E-state index in [4.69, 9.17) is 13.9 Å². The van der Waals surface area contributed by atoms with Gasteiger partial charge in [0.1, 0.15) is 17.9 Å². The molecule has 4 rings (SSSR count). The molecule has 1 N–H and O–H groups in total. The van der Waals surface area contributed by atoms with Gasteiger partial charge in [-0.25, -0.2) is 18.0 Å². The lowest BCUT2D eigenvalue weighted by Gasteiger charge is -2.34. The summed E-state index contributed by atoms with van der Waals surface area (Å²) in [5.41, 5.74) is -0.0261. The van der Waals surface area contributed by atoms with Crippen LogP contribution in [0.2, 0.25) is 0 Å². The van der Waals surface area contributed by atoms with Crippen LogP contribution in [0.5, 0.6) is 5.75 Å². The number of sulfonamides is 1. The number of rotatable bonds is 5. The maximum absolute atomic E-state index is 13.1. The van der Waals surface area contributed by atoms with Crippen molar-refractivity contribution in [1.82, 2.24) is 4.31 Å². The third kappa shape index (κ3) is 4.92. The van der Waals surface area contributed by atoms with Crippen LogP contribution >= 0.6 is 0 Å². The lowest BCUT2D eigenvalue weighted by Crippen LogP contribution is -2.48. The highest BCUT2D eigenvalue weighted by molar-refractivity contribution is 7.89. The van der Waals surface area contributed by atoms with Crippen molar-refractivity contribution in [3.63, 3.8) is 0 Å². The van der Waals surface area contributed by atoms with Crippen molar-refractivity contribution in [3.05, 3.63) is 70.1 Å². The van der Waals surface area contributed by atoms with E-state index in [0.717, 1.165) is 0 Å². The molecule has 10 heteroatoms. The Bertz CT molecular complexity index is 1350. The molecule has 2 aromatic carbocycles. The molecule has 1 aliphatic rings. The van der Waals surface area contributed by atoms with E-state index in [0.29, 0.717) is 10.9 Å². The van der Waals surface area contributed by atoms with E-state index in [1.54, 1.807) is 19.9 Å². The number of phenols is 1. The van der Waals surface area contributed by atoms with Gasteiger partial charge in [-0.05, 0) is 44.2 Å². The van der Waals surface area contributed by atoms with Crippen molar-refractivity contribution >= 4 is 27.0 Å². The quantitative estimate of drug-likeness (QED) is 0.443. The van der Waals surface area contributed by atoms with Crippen LogP contribution in [0.3, 0.4) is 0 Å². The second-order valence-corrected chi connectivity index (χ2v) is 9.89. The van der Waals surface area contributed by atoms with Crippen LogP contribution in [0, 0.1) is 0 Å². The van der Waals surface area contributed by atoms with E-state index < -0.39 is 21.6 Å². The first-order chi connectivity index (χ1) is 15.6. The Kier molecular flexibility index (Phi) is 6.24. The van der Waals surface area contributed by atoms with Gasteiger partial charge in [-0.1, -0.05) is 6.07 Å². The molecule has 9 nitrogen and oxygen atoms in total. The Balaban J connectivity index is 1.54. The highest BCUT2D eigenvalue weighted by Crippen LogP contribution is 2.24. The van der Waals surface area contributed by atoms with E-state index >= 15 is 0 Å². The Labute approximate surface area is 190 Å². The molecule has 174 valence electrons. The normalized spacial score (nSPS) is 19.5. The van der Waals surface area contributed by atoms with Gasteiger partial charge in [-0.3, -0.25) is 0 Å². The first-order valence-corrected chi connectivity index (χ1v) is 11.8. The third-order valence-electron chi connectivity index (χ3n) is 5.27. The second kappa shape index (κ2) is 8.97. The van der Waals surface area contributed by atoms with Gasteiger partial charge in [-0.15, -0.1) is 0 Å². The SMILES string of the molecule is C[C@H]1CN(S(=O)(=O)c2cccc(C(=O)OCc3cc(=O)oc4cc(O)ccc34)c2)C[C@H](C)O1. The average Bonchev–Trinajstić information content (AvgIpc) is 2.76. The summed E-state index contributed by atoms with van der Waals surface area (Å²) in [6, 6.07) is 11.1. The van der Waals surface area contributed by atoms with Crippen LogP contribution in [0.25, 0.3) is 11.0 Å². The predicted molar refractivity (Wildman–Crippen MR) is 118 cm³/mol. The Hall–Kier alpha value is -3.21. The largest absolute Gasteiger partial charge is 0.508 e. The van der Waals surface area contributed by atoms with E-state index in [9.17, 15) is 23.1 Å². The molecule has 0 spiro atoms. The van der Waals surface area contributed by atoms with Crippen LogP contribution in [0.15, 0.2) is 62.6 Å². The molecule has 0 amide bonds. The van der Waals surface area contributed by atoms with Crippen molar-refractivity contribution < 1.29 is 32.2 Å². The fourth-order valence-electron chi connectivity index (χ4n) is 3.82. The van der Waals surface area contributed by atoms with E-state index in [2.05, 4.69) is 0 Å². The number of hydrogen-bond donors (Lipinski definition) is 1. The van der Waals surface area contributed by atoms with Gasteiger partial charge >= 0.3 is 11.6 Å². The average molecular weight is 474 g/mol. The van der Waals surface area contributed by atoms with Crippen LogP contribution in [0.4, 0.5) is 0 Å². The van der Waals surface area contributed by atoms with Crippen LogP contribution in [-0.2, 0) is 26.1 Å². The molecule has 0 unspecified atom stereocenters. The number of phenolic OH excluding ortho intramolecular Hbond substituents is 1. The van der Waals surface area contributed by atoms with Crippen molar-refractivity contribution in [2.24, 2.45) is 0 Å². The minimum atomic E-state index is -3.82. The standard InChI is InChI=1S/C23H23NO8S/c1-14-11-24(12-15(2)31-14)33(28,29)19-5-3-4-16(8-19)23(27)30-13-17-9-22(26)32-21-10-18(25)6-7-20(17)21/h3-10,14-15,25H,11-13H2,1-2H3/t14-,15-/m0/s1. The lowest BCUT2D eigenvalue weighted by atomic mass is 10.1. The molecule has 1 aliphatic heterocycles. The summed E-state index contributed by atoms with van der Waals surface area (Å²) in [7, 11) is -3.82. The molecule has 0 aliphatic carbocycles. The maximum Gasteiger partial charge on any atom is 0.338 e. The molecular formula is C23H23NO8S. The van der Waals surface area contributed by atoms with Gasteiger partial charge < -0.3 is 19.0 Å². The fourth-order valence-corrected chi connectivity index (χ4v) is 5.46. The molecule has 1 fully saturated rings. The monoisotopic (exact) mass is 473 g/mol. The van der Waals surface area contributed by atoms with Gasteiger partial charge in [0.25, 0.3) is 0 Å². The van der Waals surface area contributed by atoms with Gasteiger partial charge in [0.15, 0.2) is 0 Å². The number of carbonyl (C=O) groups excluding carboxylic acids is 1. The highest BCUT2D eigenvalue weighted by atomic mass is 32.2. The molecular weight excluding hydrogens is 450 g/mol. The summed E-state index contributed by atoms with van der Waals surface area (Å²) in [6.07, 6.45) is -0.478. The van der Waals surface area contributed by atoms with Gasteiger partial charge in [-0.2, -0.15) is 4.31 Å². The zero-order valence-electron chi connectivity index (χ0n) is 18.1. The fraction of sp³-hybridized carbons (Fsp3) is 0.304. The first-order valence-electron chi connectivity index (χ1n) is 10.3. The summed E-state index contributed by atoms with van der Waals surface area (Å²) >= 11 is 0. The highest BCUT2D eigenvalue weighted by Gasteiger charge is 2.32. The third-order valence-corrected chi connectivity index (χ3v) is 7.09. The van der Waals surface area contributed by atoms with Crippen molar-refractivity contribution in [2.75, 3.05) is 13.1 Å². The minimum Gasteiger partial charge on any atom is -0.508 e. The van der Waals surface area contributed by atoms with Gasteiger partial charge in [0.05, 0.1) is 22.7 Å². The molecule has 0 saturated carbocycles. The van der Waals surface area contributed by atoms with Gasteiger partial charge in [0, 0.05) is 36.2 Å². The molecule has 1 saturated heterocycles. The molecule has 0 radical (unpaired) electrons. The van der Waals surface area contributed by atoms with Crippen molar-refractivity contribution in [1.29, 1.82) is 0 Å². The molecule has 1 aromatic heterocycles. The zero-order chi connectivity index (χ0) is 23.8. The summed E-state index contributed by atoms with van der Waals surface area (Å²) in [5.74, 6) is -0.808. The number of carbonyl (C=O) groups is 1. The van der Waals surface area contributed by atoms with Crippen LogP contribution < -0.4 is 5.63 Å². The summed E-state index contributed by atoms with van der Waals surface area (Å²) in [5, 5.41) is 10.1. The van der Waals surface area contributed by atoms with Crippen molar-refractivity contribution in [2.45, 2.75) is 37.6 Å². The lowest BCUT2D eigenvalue weighted by molar-refractivity contribution is -0.0440. The van der Waals surface area contributed by atoms with E-state index in [1.165, 1.54) is 46.8 Å². The zero-order valence-corrected chi connectivity index (χ0v) is 18.9. The maximum atomic E-state index is 13.1. The molecule has 2 heterocycles. The number of aromatic hydroxyl groups is 1. The summed E-state index contributed by atoms with van der Waals surface area (Å²) in [4.78, 5) is 24.5. The number of ether oxygens (including phenoxy) is 2. The Morgan fingerprint density at radius 2 is 1.85 bits per heavy atom. The number of esters is 1. The molecule has 33 heavy (non-hydrogen) atoms. The number of nitrogens with zero attached hydrogens (tertiary/aromatic N) is 1. The number of hydrogen-bond acceptors (Lipinski definition) is 8. The summed E-state index contributed by atoms with van der Waals surface area (Å²) < 4.78 is 43.6. The first kappa shape index (κ1) is 23.0. The van der Waals surface area contributed by atoms with E-state index in [1.807, 2.05) is 0 Å². The molecule has 2 atom stereocenters. The Morgan fingerprint density at radius 1 is 1.12 bits per heavy atom. The summed E-state index contributed by atoms with van der Waals surface area (Å²) in [6.45, 7) is 3.82.